The Kier molecular flexibility index (Phi) is 4.29. The zero-order valence-electron chi connectivity index (χ0n) is 10.1. The predicted molar refractivity (Wildman–Crippen MR) is 66.4 cm³/mol. The van der Waals surface area contributed by atoms with Crippen LogP contribution in [-0.2, 0) is 9.53 Å². The van der Waals surface area contributed by atoms with Crippen LogP contribution in [0.2, 0.25) is 0 Å². The van der Waals surface area contributed by atoms with Gasteiger partial charge in [0.15, 0.2) is 0 Å². The highest BCUT2D eigenvalue weighted by atomic mass is 16.5. The minimum absolute atomic E-state index is 0.0107. The van der Waals surface area contributed by atoms with Gasteiger partial charge in [-0.1, -0.05) is 12.1 Å². The lowest BCUT2D eigenvalue weighted by Crippen LogP contribution is -2.08. The Morgan fingerprint density at radius 1 is 1.47 bits per heavy atom. The fourth-order valence-corrected chi connectivity index (χ4v) is 1.31. The minimum Gasteiger partial charge on any atom is -0.465 e. The van der Waals surface area contributed by atoms with Crippen molar-refractivity contribution in [1.82, 2.24) is 0 Å². The lowest BCUT2D eigenvalue weighted by atomic mass is 10.1. The number of nitrogens with zero attached hydrogens (tertiary/aromatic N) is 2. The molecule has 0 saturated heterocycles. The largest absolute Gasteiger partial charge is 0.465 e. The molecule has 0 bridgehead atoms. The Morgan fingerprint density at radius 3 is 2.71 bits per heavy atom. The second-order valence-electron chi connectivity index (χ2n) is 3.65. The van der Waals surface area contributed by atoms with E-state index >= 15 is 0 Å². The Hall–Kier alpha value is -2.28. The smallest absolute Gasteiger partial charge is 0.348 e. The van der Waals surface area contributed by atoms with Gasteiger partial charge in [-0.2, -0.15) is 5.26 Å². The Bertz CT molecular complexity index is 484. The van der Waals surface area contributed by atoms with E-state index in [0.717, 1.165) is 11.3 Å². The number of anilines is 1. The van der Waals surface area contributed by atoms with E-state index in [4.69, 9.17) is 5.26 Å². The van der Waals surface area contributed by atoms with Crippen molar-refractivity contribution in [3.8, 4) is 6.07 Å². The third-order valence-electron chi connectivity index (χ3n) is 2.22. The first-order valence-corrected chi connectivity index (χ1v) is 5.06. The van der Waals surface area contributed by atoms with E-state index in [1.807, 2.05) is 49.3 Å². The SMILES string of the molecule is COC(=O)C(C#N)=Cc1cccc(N(C)C)c1. The average Bonchev–Trinajstić information content (AvgIpc) is 2.35. The molecule has 0 amide bonds. The summed E-state index contributed by atoms with van der Waals surface area (Å²) in [4.78, 5) is 13.2. The quantitative estimate of drug-likeness (QED) is 0.451. The normalized spacial score (nSPS) is 10.6. The van der Waals surface area contributed by atoms with Gasteiger partial charge in [-0.15, -0.1) is 0 Å². The zero-order valence-corrected chi connectivity index (χ0v) is 10.1. The van der Waals surface area contributed by atoms with Crippen LogP contribution in [0.25, 0.3) is 6.08 Å². The summed E-state index contributed by atoms with van der Waals surface area (Å²) in [6, 6.07) is 9.35. The number of carbonyl (C=O) groups excluding carboxylic acids is 1. The maximum absolute atomic E-state index is 11.2. The molecule has 17 heavy (non-hydrogen) atoms. The van der Waals surface area contributed by atoms with Gasteiger partial charge in [0.1, 0.15) is 11.6 Å². The highest BCUT2D eigenvalue weighted by Crippen LogP contribution is 2.16. The van der Waals surface area contributed by atoms with Gasteiger partial charge >= 0.3 is 5.97 Å². The van der Waals surface area contributed by atoms with Gasteiger partial charge in [-0.05, 0) is 23.8 Å². The summed E-state index contributed by atoms with van der Waals surface area (Å²) in [5.74, 6) is -0.622. The summed E-state index contributed by atoms with van der Waals surface area (Å²) < 4.78 is 4.51. The molecule has 0 heterocycles. The first kappa shape index (κ1) is 12.8. The van der Waals surface area contributed by atoms with Crippen LogP contribution < -0.4 is 4.90 Å². The van der Waals surface area contributed by atoms with Gasteiger partial charge in [0, 0.05) is 19.8 Å². The summed E-state index contributed by atoms with van der Waals surface area (Å²) in [5.41, 5.74) is 1.78. The number of methoxy groups -OCH3 is 1. The van der Waals surface area contributed by atoms with Crippen molar-refractivity contribution in [2.45, 2.75) is 0 Å². The third kappa shape index (κ3) is 3.35. The van der Waals surface area contributed by atoms with Gasteiger partial charge in [-0.25, -0.2) is 4.79 Å². The molecule has 0 atom stereocenters. The lowest BCUT2D eigenvalue weighted by Gasteiger charge is -2.12. The average molecular weight is 230 g/mol. The van der Waals surface area contributed by atoms with Gasteiger partial charge in [-0.3, -0.25) is 0 Å². The third-order valence-corrected chi connectivity index (χ3v) is 2.22. The Balaban J connectivity index is 3.09. The second kappa shape index (κ2) is 5.71. The lowest BCUT2D eigenvalue weighted by molar-refractivity contribution is -0.135. The van der Waals surface area contributed by atoms with E-state index in [9.17, 15) is 4.79 Å². The van der Waals surface area contributed by atoms with Gasteiger partial charge in [0.2, 0.25) is 0 Å². The number of benzene rings is 1. The number of hydrogen-bond donors (Lipinski definition) is 0. The molecule has 0 saturated carbocycles. The van der Waals surface area contributed by atoms with E-state index in [0.29, 0.717) is 0 Å². The molecule has 0 radical (unpaired) electrons. The number of hydrogen-bond acceptors (Lipinski definition) is 4. The van der Waals surface area contributed by atoms with Crippen molar-refractivity contribution in [3.63, 3.8) is 0 Å². The number of ether oxygens (including phenoxy) is 1. The molecular formula is C13H14N2O2. The van der Waals surface area contributed by atoms with Gasteiger partial charge in [0.05, 0.1) is 7.11 Å². The minimum atomic E-state index is -0.622. The maximum Gasteiger partial charge on any atom is 0.348 e. The Labute approximate surface area is 101 Å². The molecule has 1 aromatic carbocycles. The maximum atomic E-state index is 11.2. The fraction of sp³-hybridized carbons (Fsp3) is 0.231. The first-order valence-electron chi connectivity index (χ1n) is 5.06. The van der Waals surface area contributed by atoms with Gasteiger partial charge in [0.25, 0.3) is 0 Å². The molecule has 4 heteroatoms. The molecular weight excluding hydrogens is 216 g/mol. The predicted octanol–water partition coefficient (Wildman–Crippen LogP) is 1.83. The van der Waals surface area contributed by atoms with E-state index in [1.54, 1.807) is 0 Å². The molecule has 88 valence electrons. The molecule has 0 aromatic heterocycles. The molecule has 0 aliphatic heterocycles. The molecule has 1 rings (SSSR count). The van der Waals surface area contributed by atoms with E-state index in [2.05, 4.69) is 4.74 Å². The molecule has 0 aliphatic carbocycles. The van der Waals surface area contributed by atoms with Crippen molar-refractivity contribution in [2.24, 2.45) is 0 Å². The molecule has 0 aliphatic rings. The van der Waals surface area contributed by atoms with E-state index < -0.39 is 5.97 Å². The molecule has 0 spiro atoms. The highest BCUT2D eigenvalue weighted by molar-refractivity contribution is 5.97. The van der Waals surface area contributed by atoms with Gasteiger partial charge < -0.3 is 9.64 Å². The summed E-state index contributed by atoms with van der Waals surface area (Å²) in [7, 11) is 5.10. The van der Waals surface area contributed by atoms with Crippen LogP contribution in [-0.4, -0.2) is 27.2 Å². The molecule has 0 N–H and O–H groups in total. The van der Waals surface area contributed by atoms with Crippen molar-refractivity contribution in [1.29, 1.82) is 5.26 Å². The summed E-state index contributed by atoms with van der Waals surface area (Å²) in [5, 5.41) is 8.84. The number of rotatable bonds is 3. The number of nitriles is 1. The van der Waals surface area contributed by atoms with Crippen LogP contribution in [0.5, 0.6) is 0 Å². The van der Waals surface area contributed by atoms with E-state index in [-0.39, 0.29) is 5.57 Å². The Morgan fingerprint density at radius 2 is 2.18 bits per heavy atom. The fourth-order valence-electron chi connectivity index (χ4n) is 1.31. The van der Waals surface area contributed by atoms with Crippen molar-refractivity contribution < 1.29 is 9.53 Å². The summed E-state index contributed by atoms with van der Waals surface area (Å²) in [6.07, 6.45) is 1.51. The van der Waals surface area contributed by atoms with Crippen LogP contribution in [0.4, 0.5) is 5.69 Å². The first-order chi connectivity index (χ1) is 8.08. The van der Waals surface area contributed by atoms with Crippen molar-refractivity contribution in [2.75, 3.05) is 26.1 Å². The molecule has 0 fully saturated rings. The van der Waals surface area contributed by atoms with Crippen molar-refractivity contribution in [3.05, 3.63) is 35.4 Å². The van der Waals surface area contributed by atoms with Crippen LogP contribution in [0.15, 0.2) is 29.8 Å². The standard InChI is InChI=1S/C13H14N2O2/c1-15(2)12-6-4-5-10(8-12)7-11(9-14)13(16)17-3/h4-8H,1-3H3. The monoisotopic (exact) mass is 230 g/mol. The number of carbonyl (C=O) groups is 1. The molecule has 4 nitrogen and oxygen atoms in total. The highest BCUT2D eigenvalue weighted by Gasteiger charge is 2.08. The molecule has 0 unspecified atom stereocenters. The van der Waals surface area contributed by atoms with Crippen molar-refractivity contribution >= 4 is 17.7 Å². The number of esters is 1. The summed E-state index contributed by atoms with van der Waals surface area (Å²) >= 11 is 0. The van der Waals surface area contributed by atoms with Crippen LogP contribution >= 0.6 is 0 Å². The van der Waals surface area contributed by atoms with Crippen LogP contribution in [0.1, 0.15) is 5.56 Å². The van der Waals surface area contributed by atoms with Crippen LogP contribution in [0, 0.1) is 11.3 Å². The topological polar surface area (TPSA) is 53.3 Å². The second-order valence-corrected chi connectivity index (χ2v) is 3.65. The van der Waals surface area contributed by atoms with Crippen LogP contribution in [0.3, 0.4) is 0 Å². The molecule has 1 aromatic rings. The zero-order chi connectivity index (χ0) is 12.8. The van der Waals surface area contributed by atoms with E-state index in [1.165, 1.54) is 13.2 Å². The summed E-state index contributed by atoms with van der Waals surface area (Å²) in [6.45, 7) is 0.